The topological polar surface area (TPSA) is 75.1 Å². The highest BCUT2D eigenvalue weighted by atomic mass is 35.5. The molecule has 1 aromatic heterocycles. The number of nitriles is 1. The number of ether oxygens (including phenoxy) is 2. The van der Waals surface area contributed by atoms with Gasteiger partial charge in [0.05, 0.1) is 7.11 Å². The average molecular weight is 403 g/mol. The van der Waals surface area contributed by atoms with E-state index < -0.39 is 12.4 Å². The van der Waals surface area contributed by atoms with Crippen molar-refractivity contribution in [3.05, 3.63) is 64.3 Å². The monoisotopic (exact) mass is 402 g/mol. The van der Waals surface area contributed by atoms with E-state index in [2.05, 4.69) is 9.72 Å². The van der Waals surface area contributed by atoms with E-state index in [1.807, 2.05) is 6.07 Å². The number of H-pyrrole nitrogens is 1. The average Bonchev–Trinajstić information content (AvgIpc) is 3.09. The number of fused-ring (bicyclic) bond motifs is 1. The fraction of sp³-hybridized carbons (Fsp3) is 0.100. The molecule has 0 spiro atoms. The van der Waals surface area contributed by atoms with Gasteiger partial charge in [-0.1, -0.05) is 29.8 Å². The summed E-state index contributed by atoms with van der Waals surface area (Å²) in [6.07, 6.45) is 2.66. The summed E-state index contributed by atoms with van der Waals surface area (Å²) < 4.78 is 35.1. The number of methoxy groups -OCH3 is 1. The van der Waals surface area contributed by atoms with Crippen molar-refractivity contribution in [3.63, 3.8) is 0 Å². The molecule has 1 N–H and O–H groups in total. The number of carbonyl (C=O) groups excluding carboxylic acids is 1. The van der Waals surface area contributed by atoms with Crippen LogP contribution in [0.4, 0.5) is 8.78 Å². The Kier molecular flexibility index (Phi) is 5.62. The summed E-state index contributed by atoms with van der Waals surface area (Å²) in [5.74, 6) is -0.770. The molecule has 8 heteroatoms. The number of hydrogen-bond donors (Lipinski definition) is 1. The number of ketones is 1. The Morgan fingerprint density at radius 3 is 2.79 bits per heavy atom. The van der Waals surface area contributed by atoms with E-state index in [1.54, 1.807) is 18.2 Å². The van der Waals surface area contributed by atoms with Gasteiger partial charge in [0.1, 0.15) is 11.6 Å². The van der Waals surface area contributed by atoms with Crippen LogP contribution in [0.15, 0.2) is 48.2 Å². The third-order valence-corrected chi connectivity index (χ3v) is 4.22. The molecule has 28 heavy (non-hydrogen) atoms. The lowest BCUT2D eigenvalue weighted by Crippen LogP contribution is -2.06. The second-order valence-corrected chi connectivity index (χ2v) is 6.08. The Balaban J connectivity index is 2.07. The van der Waals surface area contributed by atoms with E-state index in [0.717, 1.165) is 0 Å². The predicted molar refractivity (Wildman–Crippen MR) is 101 cm³/mol. The first-order chi connectivity index (χ1) is 13.4. The summed E-state index contributed by atoms with van der Waals surface area (Å²) >= 11 is 5.94. The lowest BCUT2D eigenvalue weighted by Gasteiger charge is -2.12. The first kappa shape index (κ1) is 19.4. The zero-order valence-corrected chi connectivity index (χ0v) is 15.3. The van der Waals surface area contributed by atoms with Gasteiger partial charge in [-0.2, -0.15) is 14.0 Å². The number of carbonyl (C=O) groups is 1. The molecular formula is C20H13ClF2N2O3. The van der Waals surface area contributed by atoms with E-state index in [0.29, 0.717) is 15.9 Å². The van der Waals surface area contributed by atoms with Crippen LogP contribution in [0.3, 0.4) is 0 Å². The van der Waals surface area contributed by atoms with Crippen LogP contribution in [0.1, 0.15) is 15.9 Å². The summed E-state index contributed by atoms with van der Waals surface area (Å²) in [5.41, 5.74) is 0.769. The SMILES string of the molecule is COc1cccc(/C=C(/C#N)C(=O)c2c[nH]c3cc(Cl)ccc23)c1OC(F)F. The molecule has 0 aliphatic rings. The fourth-order valence-corrected chi connectivity index (χ4v) is 2.93. The quantitative estimate of drug-likeness (QED) is 0.348. The Bertz CT molecular complexity index is 1120. The van der Waals surface area contributed by atoms with Gasteiger partial charge < -0.3 is 14.5 Å². The van der Waals surface area contributed by atoms with Gasteiger partial charge in [0.2, 0.25) is 5.78 Å². The van der Waals surface area contributed by atoms with Gasteiger partial charge in [-0.05, 0) is 24.3 Å². The third-order valence-electron chi connectivity index (χ3n) is 3.99. The van der Waals surface area contributed by atoms with E-state index in [-0.39, 0.29) is 28.2 Å². The van der Waals surface area contributed by atoms with Crippen LogP contribution in [0.2, 0.25) is 5.02 Å². The standard InChI is InChI=1S/C20H13ClF2N2O3/c1-27-17-4-2-3-11(19(17)28-20(22)23)7-12(9-24)18(26)15-10-25-16-8-13(21)5-6-14(15)16/h2-8,10,20,25H,1H3/b12-7-. The van der Waals surface area contributed by atoms with Gasteiger partial charge in [0.15, 0.2) is 11.5 Å². The highest BCUT2D eigenvalue weighted by Crippen LogP contribution is 2.34. The Morgan fingerprint density at radius 1 is 1.32 bits per heavy atom. The number of aromatic nitrogens is 1. The molecule has 0 aliphatic carbocycles. The summed E-state index contributed by atoms with van der Waals surface area (Å²) in [4.78, 5) is 15.8. The van der Waals surface area contributed by atoms with Crippen LogP contribution in [0.25, 0.3) is 17.0 Å². The molecule has 0 atom stereocenters. The number of Topliss-reactive ketones (excluding diaryl/α,β-unsaturated/α-hetero) is 1. The molecule has 2 aromatic carbocycles. The van der Waals surface area contributed by atoms with Crippen LogP contribution in [-0.4, -0.2) is 24.5 Å². The Hall–Kier alpha value is -3.37. The molecule has 0 saturated carbocycles. The van der Waals surface area contributed by atoms with Crippen LogP contribution >= 0.6 is 11.6 Å². The maximum absolute atomic E-state index is 12.9. The van der Waals surface area contributed by atoms with Gasteiger partial charge >= 0.3 is 6.61 Å². The van der Waals surface area contributed by atoms with Gasteiger partial charge in [-0.25, -0.2) is 0 Å². The molecular weight excluding hydrogens is 390 g/mol. The van der Waals surface area contributed by atoms with Gasteiger partial charge in [-0.3, -0.25) is 4.79 Å². The fourth-order valence-electron chi connectivity index (χ4n) is 2.76. The Morgan fingerprint density at radius 2 is 2.11 bits per heavy atom. The number of rotatable bonds is 6. The number of nitrogens with one attached hydrogen (secondary N) is 1. The van der Waals surface area contributed by atoms with Crippen molar-refractivity contribution in [2.75, 3.05) is 7.11 Å². The molecule has 0 aliphatic heterocycles. The molecule has 0 saturated heterocycles. The predicted octanol–water partition coefficient (Wildman–Crippen LogP) is 5.22. The maximum Gasteiger partial charge on any atom is 0.387 e. The smallest absolute Gasteiger partial charge is 0.387 e. The number of alkyl halides is 2. The second kappa shape index (κ2) is 8.11. The number of nitrogens with zero attached hydrogens (tertiary/aromatic N) is 1. The number of hydrogen-bond acceptors (Lipinski definition) is 4. The highest BCUT2D eigenvalue weighted by Gasteiger charge is 2.19. The van der Waals surface area contributed by atoms with Crippen molar-refractivity contribution in [3.8, 4) is 17.6 Å². The molecule has 3 aromatic rings. The van der Waals surface area contributed by atoms with E-state index in [9.17, 15) is 18.8 Å². The van der Waals surface area contributed by atoms with Crippen molar-refractivity contribution in [1.29, 1.82) is 5.26 Å². The first-order valence-corrected chi connectivity index (χ1v) is 8.37. The number of aromatic amines is 1. The van der Waals surface area contributed by atoms with Gasteiger partial charge in [0.25, 0.3) is 0 Å². The third kappa shape index (κ3) is 3.82. The zero-order valence-electron chi connectivity index (χ0n) is 14.5. The van der Waals surface area contributed by atoms with Crippen LogP contribution in [0, 0.1) is 11.3 Å². The van der Waals surface area contributed by atoms with Crippen LogP contribution in [-0.2, 0) is 0 Å². The van der Waals surface area contributed by atoms with Crippen molar-refractivity contribution in [2.45, 2.75) is 6.61 Å². The first-order valence-electron chi connectivity index (χ1n) is 7.99. The summed E-state index contributed by atoms with van der Waals surface area (Å²) in [6, 6.07) is 11.2. The van der Waals surface area contributed by atoms with Gasteiger partial charge in [-0.15, -0.1) is 0 Å². The molecule has 5 nitrogen and oxygen atoms in total. The minimum Gasteiger partial charge on any atom is -0.493 e. The lowest BCUT2D eigenvalue weighted by atomic mass is 10.0. The largest absolute Gasteiger partial charge is 0.493 e. The lowest BCUT2D eigenvalue weighted by molar-refractivity contribution is -0.0513. The van der Waals surface area contributed by atoms with Crippen molar-refractivity contribution in [2.24, 2.45) is 0 Å². The number of halogens is 3. The minimum atomic E-state index is -3.09. The molecule has 3 rings (SSSR count). The summed E-state index contributed by atoms with van der Waals surface area (Å²) in [7, 11) is 1.30. The molecule has 0 radical (unpaired) electrons. The number of benzene rings is 2. The Labute approximate surface area is 163 Å². The summed E-state index contributed by atoms with van der Waals surface area (Å²) in [6.45, 7) is -3.09. The van der Waals surface area contributed by atoms with Crippen molar-refractivity contribution in [1.82, 2.24) is 4.98 Å². The molecule has 1 heterocycles. The minimum absolute atomic E-state index is 0.0560. The second-order valence-electron chi connectivity index (χ2n) is 5.65. The molecule has 0 bridgehead atoms. The van der Waals surface area contributed by atoms with E-state index in [1.165, 1.54) is 37.6 Å². The van der Waals surface area contributed by atoms with Gasteiger partial charge in [0, 0.05) is 33.2 Å². The summed E-state index contributed by atoms with van der Waals surface area (Å²) in [5, 5.41) is 10.6. The number of allylic oxidation sites excluding steroid dienone is 1. The van der Waals surface area contributed by atoms with E-state index in [4.69, 9.17) is 16.3 Å². The normalized spacial score (nSPS) is 11.5. The molecule has 0 unspecified atom stereocenters. The van der Waals surface area contributed by atoms with Crippen LogP contribution < -0.4 is 9.47 Å². The molecule has 142 valence electrons. The zero-order chi connectivity index (χ0) is 20.3. The molecule has 0 amide bonds. The van der Waals surface area contributed by atoms with Crippen LogP contribution in [0.5, 0.6) is 11.5 Å². The van der Waals surface area contributed by atoms with E-state index >= 15 is 0 Å². The molecule has 0 fully saturated rings. The number of para-hydroxylation sites is 1. The maximum atomic E-state index is 12.9. The van der Waals surface area contributed by atoms with Crippen molar-refractivity contribution >= 4 is 34.4 Å². The van der Waals surface area contributed by atoms with Crippen molar-refractivity contribution < 1.29 is 23.0 Å². The highest BCUT2D eigenvalue weighted by molar-refractivity contribution is 6.31.